The number of nitro groups is 1. The van der Waals surface area contributed by atoms with E-state index in [2.05, 4.69) is 4.74 Å². The molecule has 18 heavy (non-hydrogen) atoms. The average Bonchev–Trinajstić information content (AvgIpc) is 2.24. The van der Waals surface area contributed by atoms with Crippen LogP contribution >= 0.6 is 0 Å². The first-order chi connectivity index (χ1) is 8.21. The lowest BCUT2D eigenvalue weighted by Gasteiger charge is -2.08. The largest absolute Gasteiger partial charge is 0.479 e. The Kier molecular flexibility index (Phi) is 3.74. The second kappa shape index (κ2) is 4.90. The highest BCUT2D eigenvalue weighted by molar-refractivity contribution is 5.68. The molecule has 1 aromatic rings. The molecule has 0 saturated carbocycles. The molecule has 0 aliphatic carbocycles. The fourth-order valence-electron chi connectivity index (χ4n) is 1.10. The average molecular weight is 265 g/mol. The zero-order chi connectivity index (χ0) is 13.9. The molecule has 98 valence electrons. The summed E-state index contributed by atoms with van der Waals surface area (Å²) >= 11 is 0. The number of carboxylic acids is 1. The van der Waals surface area contributed by atoms with E-state index in [1.54, 1.807) is 0 Å². The van der Waals surface area contributed by atoms with Gasteiger partial charge in [-0.05, 0) is 12.1 Å². The van der Waals surface area contributed by atoms with Crippen molar-refractivity contribution in [2.24, 2.45) is 0 Å². The summed E-state index contributed by atoms with van der Waals surface area (Å²) in [7, 11) is 0. The van der Waals surface area contributed by atoms with Gasteiger partial charge in [-0.1, -0.05) is 0 Å². The number of hydrogen-bond donors (Lipinski definition) is 1. The normalized spacial score (nSPS) is 11.1. The summed E-state index contributed by atoms with van der Waals surface area (Å²) < 4.78 is 41.5. The van der Waals surface area contributed by atoms with Crippen LogP contribution in [-0.4, -0.2) is 22.6 Å². The van der Waals surface area contributed by atoms with Gasteiger partial charge in [0.1, 0.15) is 0 Å². The third kappa shape index (κ3) is 3.34. The monoisotopic (exact) mass is 265 g/mol. The molecule has 0 saturated heterocycles. The van der Waals surface area contributed by atoms with E-state index in [1.807, 2.05) is 0 Å². The molecule has 0 aromatic heterocycles. The van der Waals surface area contributed by atoms with E-state index in [0.29, 0.717) is 12.1 Å². The van der Waals surface area contributed by atoms with E-state index >= 15 is 0 Å². The van der Waals surface area contributed by atoms with Crippen molar-refractivity contribution in [1.82, 2.24) is 0 Å². The van der Waals surface area contributed by atoms with Gasteiger partial charge in [0, 0.05) is 6.07 Å². The van der Waals surface area contributed by atoms with Crippen LogP contribution in [0.1, 0.15) is 5.56 Å². The lowest BCUT2D eigenvalue weighted by atomic mass is 10.2. The maximum Gasteiger partial charge on any atom is 0.416 e. The minimum absolute atomic E-state index is 0.289. The molecule has 9 heteroatoms. The van der Waals surface area contributed by atoms with Crippen LogP contribution < -0.4 is 4.74 Å². The standard InChI is InChI=1S/C9H6F3NO5/c10-9(11,12)5-1-2-7(18-4-8(14)15)6(3-5)13(16)17/h1-3H,4H2,(H,14,15). The number of nitro benzene ring substituents is 1. The molecule has 1 N–H and O–H groups in total. The Morgan fingerprint density at radius 1 is 1.44 bits per heavy atom. The highest BCUT2D eigenvalue weighted by atomic mass is 19.4. The van der Waals surface area contributed by atoms with Crippen LogP contribution in [0.3, 0.4) is 0 Å². The first-order valence-corrected chi connectivity index (χ1v) is 4.42. The molecular weight excluding hydrogens is 259 g/mol. The highest BCUT2D eigenvalue weighted by Crippen LogP contribution is 2.35. The van der Waals surface area contributed by atoms with Crippen molar-refractivity contribution in [1.29, 1.82) is 0 Å². The summed E-state index contributed by atoms with van der Waals surface area (Å²) in [5.41, 5.74) is -2.15. The summed E-state index contributed by atoms with van der Waals surface area (Å²) in [5.74, 6) is -1.93. The van der Waals surface area contributed by atoms with Crippen LogP contribution in [0, 0.1) is 10.1 Å². The van der Waals surface area contributed by atoms with E-state index in [9.17, 15) is 28.1 Å². The first kappa shape index (κ1) is 13.7. The first-order valence-electron chi connectivity index (χ1n) is 4.42. The van der Waals surface area contributed by atoms with E-state index in [1.165, 1.54) is 0 Å². The number of carboxylic acid groups (broad SMARTS) is 1. The Morgan fingerprint density at radius 2 is 2.06 bits per heavy atom. The van der Waals surface area contributed by atoms with Crippen molar-refractivity contribution < 1.29 is 32.7 Å². The number of rotatable bonds is 4. The predicted octanol–water partition coefficient (Wildman–Crippen LogP) is 2.08. The molecule has 6 nitrogen and oxygen atoms in total. The number of alkyl halides is 3. The number of aliphatic carboxylic acids is 1. The Bertz CT molecular complexity index is 486. The van der Waals surface area contributed by atoms with Gasteiger partial charge in [-0.25, -0.2) is 4.79 Å². The molecule has 1 rings (SSSR count). The lowest BCUT2D eigenvalue weighted by molar-refractivity contribution is -0.386. The summed E-state index contributed by atoms with van der Waals surface area (Å²) in [6.07, 6.45) is -4.73. The second-order valence-corrected chi connectivity index (χ2v) is 3.12. The molecule has 1 aromatic carbocycles. The van der Waals surface area contributed by atoms with Crippen LogP contribution in [0.4, 0.5) is 18.9 Å². The SMILES string of the molecule is O=C(O)COc1ccc(C(F)(F)F)cc1[N+](=O)[O-]. The van der Waals surface area contributed by atoms with Crippen LogP contribution in [0.5, 0.6) is 5.75 Å². The Morgan fingerprint density at radius 3 is 2.50 bits per heavy atom. The summed E-state index contributed by atoms with van der Waals surface area (Å²) in [6.45, 7) is -0.883. The predicted molar refractivity (Wildman–Crippen MR) is 51.2 cm³/mol. The number of hydrogen-bond acceptors (Lipinski definition) is 4. The Hall–Kier alpha value is -2.32. The van der Waals surface area contributed by atoms with Crippen LogP contribution in [-0.2, 0) is 11.0 Å². The maximum absolute atomic E-state index is 12.3. The number of nitrogens with zero attached hydrogens (tertiary/aromatic N) is 1. The summed E-state index contributed by atoms with van der Waals surface area (Å²) in [5, 5.41) is 18.9. The van der Waals surface area contributed by atoms with Gasteiger partial charge in [0.15, 0.2) is 12.4 Å². The topological polar surface area (TPSA) is 89.7 Å². The van der Waals surface area contributed by atoms with Crippen molar-refractivity contribution in [2.75, 3.05) is 6.61 Å². The third-order valence-corrected chi connectivity index (χ3v) is 1.83. The number of ether oxygens (including phenoxy) is 1. The van der Waals surface area contributed by atoms with E-state index in [4.69, 9.17) is 5.11 Å². The van der Waals surface area contributed by atoms with Gasteiger partial charge in [0.05, 0.1) is 10.5 Å². The van der Waals surface area contributed by atoms with E-state index in [-0.39, 0.29) is 6.07 Å². The quantitative estimate of drug-likeness (QED) is 0.664. The zero-order valence-corrected chi connectivity index (χ0v) is 8.60. The van der Waals surface area contributed by atoms with Crippen molar-refractivity contribution in [3.05, 3.63) is 33.9 Å². The van der Waals surface area contributed by atoms with Gasteiger partial charge >= 0.3 is 17.8 Å². The van der Waals surface area contributed by atoms with Gasteiger partial charge in [0.2, 0.25) is 0 Å². The molecule has 0 amide bonds. The molecule has 0 unspecified atom stereocenters. The van der Waals surface area contributed by atoms with E-state index in [0.717, 1.165) is 0 Å². The smallest absolute Gasteiger partial charge is 0.416 e. The zero-order valence-electron chi connectivity index (χ0n) is 8.60. The summed E-state index contributed by atoms with van der Waals surface area (Å²) in [6, 6.07) is 1.57. The van der Waals surface area contributed by atoms with Gasteiger partial charge in [-0.3, -0.25) is 10.1 Å². The number of halogens is 3. The fourth-order valence-corrected chi connectivity index (χ4v) is 1.10. The van der Waals surface area contributed by atoms with Crippen LogP contribution in [0.25, 0.3) is 0 Å². The van der Waals surface area contributed by atoms with Crippen LogP contribution in [0.15, 0.2) is 18.2 Å². The Labute approximate surface area is 97.7 Å². The number of carbonyl (C=O) groups is 1. The Balaban J connectivity index is 3.13. The minimum atomic E-state index is -4.73. The van der Waals surface area contributed by atoms with E-state index < -0.39 is 40.7 Å². The molecule has 0 fully saturated rings. The molecule has 0 heterocycles. The van der Waals surface area contributed by atoms with Gasteiger partial charge in [0.25, 0.3) is 0 Å². The van der Waals surface area contributed by atoms with Gasteiger partial charge in [-0.2, -0.15) is 13.2 Å². The highest BCUT2D eigenvalue weighted by Gasteiger charge is 2.33. The lowest BCUT2D eigenvalue weighted by Crippen LogP contribution is -2.11. The molecule has 0 bridgehead atoms. The van der Waals surface area contributed by atoms with Crippen molar-refractivity contribution in [3.63, 3.8) is 0 Å². The number of benzene rings is 1. The molecule has 0 spiro atoms. The van der Waals surface area contributed by atoms with Crippen molar-refractivity contribution >= 4 is 11.7 Å². The fraction of sp³-hybridized carbons (Fsp3) is 0.222. The maximum atomic E-state index is 12.3. The van der Waals surface area contributed by atoms with Crippen molar-refractivity contribution in [2.45, 2.75) is 6.18 Å². The molecule has 0 aliphatic rings. The summed E-state index contributed by atoms with van der Waals surface area (Å²) in [4.78, 5) is 19.7. The van der Waals surface area contributed by atoms with Crippen LogP contribution in [0.2, 0.25) is 0 Å². The van der Waals surface area contributed by atoms with Crippen molar-refractivity contribution in [3.8, 4) is 5.75 Å². The minimum Gasteiger partial charge on any atom is -0.479 e. The molecular formula is C9H6F3NO5. The molecule has 0 atom stereocenters. The van der Waals surface area contributed by atoms with Gasteiger partial charge < -0.3 is 9.84 Å². The molecule has 0 aliphatic heterocycles. The third-order valence-electron chi connectivity index (χ3n) is 1.83. The molecule has 0 radical (unpaired) electrons. The second-order valence-electron chi connectivity index (χ2n) is 3.12. The van der Waals surface area contributed by atoms with Gasteiger partial charge in [-0.15, -0.1) is 0 Å².